The normalized spacial score (nSPS) is 10.5. The van der Waals surface area contributed by atoms with Crippen LogP contribution in [0.25, 0.3) is 0 Å². The lowest BCUT2D eigenvalue weighted by molar-refractivity contribution is 0.790. The van der Waals surface area contributed by atoms with Gasteiger partial charge in [0, 0.05) is 31.7 Å². The third-order valence-electron chi connectivity index (χ3n) is 2.21. The van der Waals surface area contributed by atoms with Crippen LogP contribution in [0.15, 0.2) is 29.7 Å². The summed E-state index contributed by atoms with van der Waals surface area (Å²) in [7, 11) is 1.99. The number of anilines is 1. The van der Waals surface area contributed by atoms with E-state index in [1.807, 2.05) is 36.9 Å². The van der Waals surface area contributed by atoms with Crippen molar-refractivity contribution in [3.63, 3.8) is 0 Å². The van der Waals surface area contributed by atoms with E-state index in [0.29, 0.717) is 0 Å². The average molecular weight is 249 g/mol. The first kappa shape index (κ1) is 11.9. The molecule has 0 atom stereocenters. The Balaban J connectivity index is 1.73. The van der Waals surface area contributed by atoms with Gasteiger partial charge in [-0.3, -0.25) is 0 Å². The van der Waals surface area contributed by atoms with Crippen LogP contribution in [-0.2, 0) is 7.05 Å². The molecule has 0 spiro atoms. The predicted octanol–water partition coefficient (Wildman–Crippen LogP) is 1.72. The minimum absolute atomic E-state index is 0.816. The monoisotopic (exact) mass is 249 g/mol. The summed E-state index contributed by atoms with van der Waals surface area (Å²) in [5.41, 5.74) is 0.929. The number of rotatable bonds is 5. The first-order valence-corrected chi connectivity index (χ1v) is 6.38. The van der Waals surface area contributed by atoms with Gasteiger partial charge >= 0.3 is 0 Å². The lowest BCUT2D eigenvalue weighted by Crippen LogP contribution is -2.07. The van der Waals surface area contributed by atoms with Gasteiger partial charge < -0.3 is 9.88 Å². The molecule has 2 aromatic rings. The summed E-state index contributed by atoms with van der Waals surface area (Å²) in [5.74, 6) is 1.76. The maximum Gasteiger partial charge on any atom is 0.167 e. The molecule has 0 unspecified atom stereocenters. The van der Waals surface area contributed by atoms with Crippen molar-refractivity contribution in [2.75, 3.05) is 17.6 Å². The van der Waals surface area contributed by atoms with Crippen LogP contribution < -0.4 is 5.32 Å². The highest BCUT2D eigenvalue weighted by molar-refractivity contribution is 7.99. The fourth-order valence-corrected chi connectivity index (χ4v) is 2.09. The van der Waals surface area contributed by atoms with Crippen LogP contribution in [0, 0.1) is 6.92 Å². The van der Waals surface area contributed by atoms with Gasteiger partial charge in [-0.15, -0.1) is 5.10 Å². The second-order valence-corrected chi connectivity index (χ2v) is 4.72. The molecule has 0 aromatic carbocycles. The van der Waals surface area contributed by atoms with Crippen LogP contribution in [0.5, 0.6) is 0 Å². The summed E-state index contributed by atoms with van der Waals surface area (Å²) in [6.07, 6.45) is 3.75. The van der Waals surface area contributed by atoms with Crippen LogP contribution in [0.3, 0.4) is 0 Å². The molecular weight excluding hydrogens is 234 g/mol. The van der Waals surface area contributed by atoms with Crippen molar-refractivity contribution >= 4 is 17.6 Å². The van der Waals surface area contributed by atoms with E-state index in [4.69, 9.17) is 0 Å². The van der Waals surface area contributed by atoms with Gasteiger partial charge in [-0.25, -0.2) is 4.98 Å². The highest BCUT2D eigenvalue weighted by Crippen LogP contribution is 2.13. The van der Waals surface area contributed by atoms with Crippen molar-refractivity contribution in [2.45, 2.75) is 12.1 Å². The number of thioether (sulfide) groups is 1. The Bertz CT molecular complexity index is 465. The van der Waals surface area contributed by atoms with E-state index in [1.54, 1.807) is 18.0 Å². The fourth-order valence-electron chi connectivity index (χ4n) is 1.31. The molecule has 0 amide bonds. The Morgan fingerprint density at radius 1 is 1.35 bits per heavy atom. The lowest BCUT2D eigenvalue weighted by atomic mass is 10.4. The zero-order valence-corrected chi connectivity index (χ0v) is 10.7. The van der Waals surface area contributed by atoms with E-state index in [1.165, 1.54) is 0 Å². The molecule has 0 aliphatic carbocycles. The third-order valence-corrected chi connectivity index (χ3v) is 3.27. The fraction of sp³-hybridized carbons (Fsp3) is 0.364. The molecule has 0 saturated heterocycles. The van der Waals surface area contributed by atoms with Crippen molar-refractivity contribution in [3.8, 4) is 0 Å². The van der Waals surface area contributed by atoms with E-state index in [0.717, 1.165) is 29.0 Å². The van der Waals surface area contributed by atoms with Gasteiger partial charge in [0.05, 0.1) is 5.69 Å². The summed E-state index contributed by atoms with van der Waals surface area (Å²) in [6, 6.07) is 3.88. The minimum atomic E-state index is 0.816. The smallest absolute Gasteiger partial charge is 0.167 e. The Morgan fingerprint density at radius 3 is 2.88 bits per heavy atom. The lowest BCUT2D eigenvalue weighted by Gasteiger charge is -2.04. The molecule has 0 aliphatic rings. The number of nitrogens with zero attached hydrogens (tertiary/aromatic N) is 4. The molecule has 1 N–H and O–H groups in total. The molecule has 0 aliphatic heterocycles. The van der Waals surface area contributed by atoms with Crippen molar-refractivity contribution in [3.05, 3.63) is 30.2 Å². The Hall–Kier alpha value is -1.56. The number of nitrogens with one attached hydrogen (secondary N) is 1. The molecule has 0 saturated carbocycles. The van der Waals surface area contributed by atoms with Crippen molar-refractivity contribution in [1.82, 2.24) is 19.7 Å². The van der Waals surface area contributed by atoms with Crippen LogP contribution in [0.2, 0.25) is 0 Å². The molecule has 0 bridgehead atoms. The summed E-state index contributed by atoms with van der Waals surface area (Å²) in [5, 5.41) is 12.3. The Morgan fingerprint density at radius 2 is 2.24 bits per heavy atom. The van der Waals surface area contributed by atoms with Gasteiger partial charge in [-0.1, -0.05) is 11.8 Å². The maximum atomic E-state index is 4.24. The van der Waals surface area contributed by atoms with Gasteiger partial charge in [-0.2, -0.15) is 5.10 Å². The standard InChI is InChI=1S/C11H15N5S/c1-9-3-4-10(15-14-9)12-6-8-17-11-13-5-7-16(11)2/h3-5,7H,6,8H2,1-2H3,(H,12,15). The van der Waals surface area contributed by atoms with Crippen LogP contribution in [0.4, 0.5) is 5.82 Å². The van der Waals surface area contributed by atoms with E-state index < -0.39 is 0 Å². The molecule has 2 rings (SSSR count). The summed E-state index contributed by atoms with van der Waals surface area (Å²) in [4.78, 5) is 4.24. The summed E-state index contributed by atoms with van der Waals surface area (Å²) >= 11 is 1.72. The van der Waals surface area contributed by atoms with Gasteiger partial charge in [-0.05, 0) is 19.1 Å². The van der Waals surface area contributed by atoms with E-state index in [2.05, 4.69) is 20.5 Å². The highest BCUT2D eigenvalue weighted by Gasteiger charge is 1.99. The Labute approximate surface area is 105 Å². The minimum Gasteiger partial charge on any atom is -0.368 e. The van der Waals surface area contributed by atoms with E-state index in [9.17, 15) is 0 Å². The van der Waals surface area contributed by atoms with E-state index >= 15 is 0 Å². The zero-order chi connectivity index (χ0) is 12.1. The van der Waals surface area contributed by atoms with Gasteiger partial charge in [0.15, 0.2) is 5.16 Å². The second-order valence-electron chi connectivity index (χ2n) is 3.66. The molecule has 0 fully saturated rings. The number of hydrogen-bond donors (Lipinski definition) is 1. The van der Waals surface area contributed by atoms with Gasteiger partial charge in [0.2, 0.25) is 0 Å². The number of imidazole rings is 1. The molecule has 2 aromatic heterocycles. The highest BCUT2D eigenvalue weighted by atomic mass is 32.2. The molecule has 5 nitrogen and oxygen atoms in total. The largest absolute Gasteiger partial charge is 0.368 e. The first-order chi connectivity index (χ1) is 8.25. The maximum absolute atomic E-state index is 4.24. The third kappa shape index (κ3) is 3.45. The molecule has 0 radical (unpaired) electrons. The van der Waals surface area contributed by atoms with Gasteiger partial charge in [0.25, 0.3) is 0 Å². The van der Waals surface area contributed by atoms with Crippen molar-refractivity contribution < 1.29 is 0 Å². The zero-order valence-electron chi connectivity index (χ0n) is 9.92. The molecule has 6 heteroatoms. The topological polar surface area (TPSA) is 55.6 Å². The summed E-state index contributed by atoms with van der Waals surface area (Å²) in [6.45, 7) is 2.77. The van der Waals surface area contributed by atoms with Crippen LogP contribution >= 0.6 is 11.8 Å². The Kier molecular flexibility index (Phi) is 3.98. The second kappa shape index (κ2) is 5.67. The molecular formula is C11H15N5S. The van der Waals surface area contributed by atoms with Gasteiger partial charge in [0.1, 0.15) is 5.82 Å². The van der Waals surface area contributed by atoms with Crippen LogP contribution in [0.1, 0.15) is 5.69 Å². The van der Waals surface area contributed by atoms with E-state index in [-0.39, 0.29) is 0 Å². The predicted molar refractivity (Wildman–Crippen MR) is 69.2 cm³/mol. The quantitative estimate of drug-likeness (QED) is 0.646. The molecule has 90 valence electrons. The number of hydrogen-bond acceptors (Lipinski definition) is 5. The van der Waals surface area contributed by atoms with Crippen molar-refractivity contribution in [2.24, 2.45) is 7.05 Å². The number of aromatic nitrogens is 4. The SMILES string of the molecule is Cc1ccc(NCCSc2nccn2C)nn1. The van der Waals surface area contributed by atoms with Crippen LogP contribution in [-0.4, -0.2) is 32.0 Å². The first-order valence-electron chi connectivity index (χ1n) is 5.40. The average Bonchev–Trinajstić information content (AvgIpc) is 2.73. The summed E-state index contributed by atoms with van der Waals surface area (Å²) < 4.78 is 2.01. The molecule has 17 heavy (non-hydrogen) atoms. The molecule has 2 heterocycles. The van der Waals surface area contributed by atoms with Crippen molar-refractivity contribution in [1.29, 1.82) is 0 Å². The number of aryl methyl sites for hydroxylation is 2.